The van der Waals surface area contributed by atoms with Gasteiger partial charge in [0.1, 0.15) is 5.75 Å². The molecule has 0 aliphatic rings. The second-order valence-electron chi connectivity index (χ2n) is 6.20. The quantitative estimate of drug-likeness (QED) is 0.580. The van der Waals surface area contributed by atoms with Gasteiger partial charge in [0.05, 0.1) is 16.6 Å². The molecule has 0 saturated heterocycles. The molecule has 2 N–H and O–H groups in total. The highest BCUT2D eigenvalue weighted by atomic mass is 35.5. The zero-order valence-corrected chi connectivity index (χ0v) is 17.1. The number of carbonyl (C=O) groups excluding carboxylic acids is 1. The summed E-state index contributed by atoms with van der Waals surface area (Å²) in [6, 6.07) is 20.7. The van der Waals surface area contributed by atoms with E-state index in [1.54, 1.807) is 42.5 Å². The van der Waals surface area contributed by atoms with Crippen LogP contribution in [0.25, 0.3) is 0 Å². The molecule has 0 spiro atoms. The number of para-hydroxylation sites is 1. The highest BCUT2D eigenvalue weighted by Crippen LogP contribution is 2.32. The first-order valence-electron chi connectivity index (χ1n) is 8.76. The third-order valence-electron chi connectivity index (χ3n) is 3.95. The Bertz CT molecular complexity index is 1090. The molecule has 0 heterocycles. The monoisotopic (exact) mass is 430 g/mol. The van der Waals surface area contributed by atoms with Crippen molar-refractivity contribution < 1.29 is 17.9 Å². The number of hydrogen-bond donors (Lipinski definition) is 2. The van der Waals surface area contributed by atoms with Crippen molar-refractivity contribution in [1.82, 2.24) is 4.72 Å². The van der Waals surface area contributed by atoms with E-state index < -0.39 is 22.0 Å². The molecule has 0 saturated carbocycles. The van der Waals surface area contributed by atoms with E-state index in [2.05, 4.69) is 10.0 Å². The Labute approximate surface area is 174 Å². The van der Waals surface area contributed by atoms with Crippen LogP contribution in [0, 0.1) is 0 Å². The summed E-state index contributed by atoms with van der Waals surface area (Å²) in [4.78, 5) is 12.7. The van der Waals surface area contributed by atoms with Gasteiger partial charge >= 0.3 is 0 Å². The Hall–Kier alpha value is -2.87. The minimum Gasteiger partial charge on any atom is -0.455 e. The number of halogens is 1. The van der Waals surface area contributed by atoms with E-state index in [1.165, 1.54) is 25.1 Å². The number of benzene rings is 3. The first kappa shape index (κ1) is 20.9. The zero-order chi connectivity index (χ0) is 20.9. The Balaban J connectivity index is 1.75. The summed E-state index contributed by atoms with van der Waals surface area (Å²) in [5, 5.41) is 3.07. The van der Waals surface area contributed by atoms with Crippen LogP contribution >= 0.6 is 11.6 Å². The predicted octanol–water partition coefficient (Wildman–Crippen LogP) is 4.44. The fourth-order valence-electron chi connectivity index (χ4n) is 2.50. The van der Waals surface area contributed by atoms with Crippen LogP contribution in [0.3, 0.4) is 0 Å². The molecule has 1 atom stereocenters. The van der Waals surface area contributed by atoms with Gasteiger partial charge in [-0.3, -0.25) is 4.79 Å². The summed E-state index contributed by atoms with van der Waals surface area (Å²) < 4.78 is 33.0. The molecular formula is C21H19ClN2O4S. The van der Waals surface area contributed by atoms with Crippen LogP contribution in [0.15, 0.2) is 83.8 Å². The lowest BCUT2D eigenvalue weighted by atomic mass is 10.2. The van der Waals surface area contributed by atoms with Crippen molar-refractivity contribution in [2.45, 2.75) is 17.9 Å². The number of nitrogens with one attached hydrogen (secondary N) is 2. The summed E-state index contributed by atoms with van der Waals surface area (Å²) in [6.07, 6.45) is 0. The summed E-state index contributed by atoms with van der Waals surface area (Å²) in [7, 11) is -3.83. The third kappa shape index (κ3) is 5.57. The molecule has 6 nitrogen and oxygen atoms in total. The molecule has 0 bridgehead atoms. The Morgan fingerprint density at radius 3 is 2.24 bits per heavy atom. The lowest BCUT2D eigenvalue weighted by Gasteiger charge is -2.17. The van der Waals surface area contributed by atoms with Gasteiger partial charge in [-0.15, -0.1) is 0 Å². The van der Waals surface area contributed by atoms with Crippen molar-refractivity contribution in [3.63, 3.8) is 0 Å². The van der Waals surface area contributed by atoms with Crippen LogP contribution in [0.2, 0.25) is 5.02 Å². The molecule has 8 heteroatoms. The maximum atomic E-state index is 12.6. The van der Waals surface area contributed by atoms with Crippen LogP contribution in [0.5, 0.6) is 11.5 Å². The van der Waals surface area contributed by atoms with Gasteiger partial charge in [0.25, 0.3) is 0 Å². The van der Waals surface area contributed by atoms with Crippen LogP contribution in [-0.2, 0) is 14.8 Å². The fourth-order valence-corrected chi connectivity index (χ4v) is 3.90. The van der Waals surface area contributed by atoms with Crippen molar-refractivity contribution in [1.29, 1.82) is 0 Å². The first-order valence-corrected chi connectivity index (χ1v) is 10.6. The number of amides is 1. The van der Waals surface area contributed by atoms with Crippen molar-refractivity contribution in [2.24, 2.45) is 0 Å². The van der Waals surface area contributed by atoms with Crippen LogP contribution in [0.4, 0.5) is 5.69 Å². The molecule has 0 fully saturated rings. The largest absolute Gasteiger partial charge is 0.455 e. The Kier molecular flexibility index (Phi) is 6.53. The fraction of sp³-hybridized carbons (Fsp3) is 0.0952. The molecule has 1 unspecified atom stereocenters. The molecular weight excluding hydrogens is 412 g/mol. The van der Waals surface area contributed by atoms with E-state index in [4.69, 9.17) is 16.3 Å². The van der Waals surface area contributed by atoms with E-state index in [0.29, 0.717) is 22.2 Å². The van der Waals surface area contributed by atoms with E-state index in [1.807, 2.05) is 18.2 Å². The molecule has 3 aromatic rings. The average molecular weight is 431 g/mol. The molecule has 0 aliphatic carbocycles. The molecule has 3 rings (SSSR count). The lowest BCUT2D eigenvalue weighted by Crippen LogP contribution is -2.41. The van der Waals surface area contributed by atoms with Gasteiger partial charge < -0.3 is 10.1 Å². The first-order chi connectivity index (χ1) is 13.8. The number of ether oxygens (including phenoxy) is 1. The van der Waals surface area contributed by atoms with Gasteiger partial charge in [-0.2, -0.15) is 4.72 Å². The molecule has 0 aliphatic heterocycles. The smallest absolute Gasteiger partial charge is 0.242 e. The number of carbonyl (C=O) groups is 1. The van der Waals surface area contributed by atoms with Gasteiger partial charge in [-0.05, 0) is 49.4 Å². The Morgan fingerprint density at radius 1 is 0.966 bits per heavy atom. The normalized spacial score (nSPS) is 12.2. The minimum atomic E-state index is -3.83. The summed E-state index contributed by atoms with van der Waals surface area (Å²) in [6.45, 7) is 1.46. The summed E-state index contributed by atoms with van der Waals surface area (Å²) in [5.41, 5.74) is 0.331. The van der Waals surface area contributed by atoms with Crippen molar-refractivity contribution in [3.8, 4) is 11.5 Å². The Morgan fingerprint density at radius 2 is 1.59 bits per heavy atom. The van der Waals surface area contributed by atoms with Gasteiger partial charge in [0.15, 0.2) is 5.75 Å². The number of rotatable bonds is 7. The average Bonchev–Trinajstić information content (AvgIpc) is 2.71. The van der Waals surface area contributed by atoms with Gasteiger partial charge in [-0.25, -0.2) is 8.42 Å². The summed E-state index contributed by atoms with van der Waals surface area (Å²) in [5.74, 6) is 0.417. The SMILES string of the molecule is CC(NS(=O)(=O)c1ccccc1)C(=O)Nc1cc(Cl)ccc1Oc1ccccc1. The highest BCUT2D eigenvalue weighted by molar-refractivity contribution is 7.89. The standard InChI is InChI=1S/C21H19ClN2O4S/c1-15(24-29(26,27)18-10-6-3-7-11-18)21(25)23-19-14-16(22)12-13-20(19)28-17-8-4-2-5-9-17/h2-15,24H,1H3,(H,23,25). The van der Waals surface area contributed by atoms with Crippen LogP contribution < -0.4 is 14.8 Å². The van der Waals surface area contributed by atoms with Crippen molar-refractivity contribution in [3.05, 3.63) is 83.9 Å². The second kappa shape index (κ2) is 9.09. The molecule has 1 amide bonds. The number of anilines is 1. The molecule has 0 radical (unpaired) electrons. The third-order valence-corrected chi connectivity index (χ3v) is 5.74. The predicted molar refractivity (Wildman–Crippen MR) is 113 cm³/mol. The maximum absolute atomic E-state index is 12.6. The van der Waals surface area contributed by atoms with Crippen molar-refractivity contribution in [2.75, 3.05) is 5.32 Å². The van der Waals surface area contributed by atoms with E-state index >= 15 is 0 Å². The van der Waals surface area contributed by atoms with Crippen LogP contribution in [0.1, 0.15) is 6.92 Å². The highest BCUT2D eigenvalue weighted by Gasteiger charge is 2.23. The molecule has 150 valence electrons. The van der Waals surface area contributed by atoms with E-state index in [0.717, 1.165) is 0 Å². The van der Waals surface area contributed by atoms with Gasteiger partial charge in [0.2, 0.25) is 15.9 Å². The minimum absolute atomic E-state index is 0.0792. The van der Waals surface area contributed by atoms with Gasteiger partial charge in [0, 0.05) is 5.02 Å². The molecule has 29 heavy (non-hydrogen) atoms. The maximum Gasteiger partial charge on any atom is 0.242 e. The second-order valence-corrected chi connectivity index (χ2v) is 8.35. The lowest BCUT2D eigenvalue weighted by molar-refractivity contribution is -0.117. The van der Waals surface area contributed by atoms with Gasteiger partial charge in [-0.1, -0.05) is 48.0 Å². The topological polar surface area (TPSA) is 84.5 Å². The van der Waals surface area contributed by atoms with Crippen LogP contribution in [-0.4, -0.2) is 20.4 Å². The number of hydrogen-bond acceptors (Lipinski definition) is 4. The van der Waals surface area contributed by atoms with E-state index in [9.17, 15) is 13.2 Å². The molecule has 0 aromatic heterocycles. The summed E-state index contributed by atoms with van der Waals surface area (Å²) >= 11 is 6.05. The number of sulfonamides is 1. The zero-order valence-electron chi connectivity index (χ0n) is 15.5. The van der Waals surface area contributed by atoms with E-state index in [-0.39, 0.29) is 4.90 Å². The van der Waals surface area contributed by atoms with Crippen molar-refractivity contribution >= 4 is 33.2 Å². The molecule has 3 aromatic carbocycles.